The molecule has 2 atom stereocenters. The second-order valence-corrected chi connectivity index (χ2v) is 7.63. The summed E-state index contributed by atoms with van der Waals surface area (Å²) in [5.41, 5.74) is 11.2. The van der Waals surface area contributed by atoms with Crippen LogP contribution >= 0.6 is 0 Å². The lowest BCUT2D eigenvalue weighted by Crippen LogP contribution is -2.25. The molecular formula is C16H25NOS. The molecule has 2 unspecified atom stereocenters. The maximum atomic E-state index is 12.3. The van der Waals surface area contributed by atoms with Gasteiger partial charge in [-0.15, -0.1) is 0 Å². The highest BCUT2D eigenvalue weighted by molar-refractivity contribution is 7.85. The number of hydrogen-bond donors (Lipinski definition) is 1. The fourth-order valence-corrected chi connectivity index (χ4v) is 4.98. The van der Waals surface area contributed by atoms with Gasteiger partial charge >= 0.3 is 0 Å². The molecule has 0 saturated heterocycles. The van der Waals surface area contributed by atoms with Gasteiger partial charge in [0.15, 0.2) is 0 Å². The number of aryl methyl sites for hydroxylation is 3. The Morgan fingerprint density at radius 1 is 1.21 bits per heavy atom. The lowest BCUT2D eigenvalue weighted by atomic mass is 9.95. The molecule has 1 aliphatic rings. The van der Waals surface area contributed by atoms with E-state index in [9.17, 15) is 4.21 Å². The molecule has 1 fully saturated rings. The van der Waals surface area contributed by atoms with Crippen molar-refractivity contribution in [2.24, 2.45) is 5.73 Å². The van der Waals surface area contributed by atoms with Crippen LogP contribution in [0.15, 0.2) is 12.1 Å². The minimum Gasteiger partial charge on any atom is -0.323 e. The van der Waals surface area contributed by atoms with Crippen molar-refractivity contribution in [2.45, 2.75) is 57.7 Å². The van der Waals surface area contributed by atoms with Crippen LogP contribution in [0, 0.1) is 20.8 Å². The molecule has 0 amide bonds. The van der Waals surface area contributed by atoms with Crippen LogP contribution in [0.5, 0.6) is 0 Å². The predicted octanol–water partition coefficient (Wildman–Crippen LogP) is 3.30. The Morgan fingerprint density at radius 2 is 1.74 bits per heavy atom. The lowest BCUT2D eigenvalue weighted by molar-refractivity contribution is 0.660. The Balaban J connectivity index is 2.11. The molecule has 1 aromatic rings. The first-order chi connectivity index (χ1) is 8.99. The van der Waals surface area contributed by atoms with Crippen molar-refractivity contribution in [1.82, 2.24) is 0 Å². The largest absolute Gasteiger partial charge is 0.323 e. The Bertz CT molecular complexity index is 455. The summed E-state index contributed by atoms with van der Waals surface area (Å²) in [4.78, 5) is 0. The summed E-state index contributed by atoms with van der Waals surface area (Å²) in [6, 6.07) is 4.24. The van der Waals surface area contributed by atoms with Crippen molar-refractivity contribution in [2.75, 3.05) is 5.75 Å². The summed E-state index contributed by atoms with van der Waals surface area (Å²) in [5, 5.41) is 0.386. The van der Waals surface area contributed by atoms with E-state index in [1.807, 2.05) is 0 Å². The number of hydrogen-bond acceptors (Lipinski definition) is 2. The van der Waals surface area contributed by atoms with E-state index in [-0.39, 0.29) is 6.04 Å². The molecule has 0 spiro atoms. The molecule has 0 bridgehead atoms. The summed E-state index contributed by atoms with van der Waals surface area (Å²) in [6.45, 7) is 6.31. The van der Waals surface area contributed by atoms with E-state index in [1.54, 1.807) is 0 Å². The fourth-order valence-electron chi connectivity index (χ4n) is 3.32. The fraction of sp³-hybridized carbons (Fsp3) is 0.625. The van der Waals surface area contributed by atoms with Crippen molar-refractivity contribution >= 4 is 10.8 Å². The second kappa shape index (κ2) is 6.19. The molecule has 0 radical (unpaired) electrons. The molecular weight excluding hydrogens is 254 g/mol. The van der Waals surface area contributed by atoms with Gasteiger partial charge in [-0.3, -0.25) is 4.21 Å². The van der Waals surface area contributed by atoms with Crippen LogP contribution in [0.1, 0.15) is 54.0 Å². The average Bonchev–Trinajstić information content (AvgIpc) is 2.80. The number of nitrogens with two attached hydrogens (primary N) is 1. The quantitative estimate of drug-likeness (QED) is 0.919. The molecule has 1 aliphatic carbocycles. The van der Waals surface area contributed by atoms with Crippen molar-refractivity contribution in [3.05, 3.63) is 34.4 Å². The van der Waals surface area contributed by atoms with Crippen LogP contribution in [-0.2, 0) is 10.8 Å². The first kappa shape index (κ1) is 14.7. The molecule has 2 N–H and O–H groups in total. The molecule has 106 valence electrons. The maximum Gasteiger partial charge on any atom is 0.0431 e. The maximum absolute atomic E-state index is 12.3. The van der Waals surface area contributed by atoms with Gasteiger partial charge < -0.3 is 5.73 Å². The summed E-state index contributed by atoms with van der Waals surface area (Å²) in [6.07, 6.45) is 4.69. The van der Waals surface area contributed by atoms with Crippen molar-refractivity contribution in [1.29, 1.82) is 0 Å². The van der Waals surface area contributed by atoms with Gasteiger partial charge in [-0.25, -0.2) is 0 Å². The smallest absolute Gasteiger partial charge is 0.0431 e. The highest BCUT2D eigenvalue weighted by Gasteiger charge is 2.24. The van der Waals surface area contributed by atoms with Crippen LogP contribution in [0.25, 0.3) is 0 Å². The molecule has 19 heavy (non-hydrogen) atoms. The topological polar surface area (TPSA) is 43.1 Å². The van der Waals surface area contributed by atoms with Crippen LogP contribution in [-0.4, -0.2) is 15.2 Å². The minimum atomic E-state index is -0.773. The number of rotatable bonds is 4. The van der Waals surface area contributed by atoms with E-state index >= 15 is 0 Å². The van der Waals surface area contributed by atoms with Crippen LogP contribution in [0.4, 0.5) is 0 Å². The van der Waals surface area contributed by atoms with Gasteiger partial charge in [-0.1, -0.05) is 30.5 Å². The van der Waals surface area contributed by atoms with Gasteiger partial charge in [0, 0.05) is 27.8 Å². The average molecular weight is 279 g/mol. The molecule has 1 aromatic carbocycles. The molecule has 0 aliphatic heterocycles. The molecule has 3 heteroatoms. The van der Waals surface area contributed by atoms with Crippen molar-refractivity contribution in [3.8, 4) is 0 Å². The molecule has 0 aromatic heterocycles. The van der Waals surface area contributed by atoms with E-state index in [4.69, 9.17) is 5.73 Å². The van der Waals surface area contributed by atoms with Crippen LogP contribution < -0.4 is 5.73 Å². The third-order valence-electron chi connectivity index (χ3n) is 4.13. The van der Waals surface area contributed by atoms with Crippen LogP contribution in [0.2, 0.25) is 0 Å². The van der Waals surface area contributed by atoms with Crippen LogP contribution in [0.3, 0.4) is 0 Å². The third-order valence-corrected chi connectivity index (χ3v) is 6.03. The first-order valence-corrected chi connectivity index (χ1v) is 8.57. The molecule has 1 saturated carbocycles. The highest BCUT2D eigenvalue weighted by Crippen LogP contribution is 2.27. The summed E-state index contributed by atoms with van der Waals surface area (Å²) < 4.78 is 12.3. The predicted molar refractivity (Wildman–Crippen MR) is 82.8 cm³/mol. The standard InChI is InChI=1S/C16H25NOS/c1-11-8-12(2)16(13(3)9-11)15(17)10-19(18)14-6-4-5-7-14/h8-9,14-15H,4-7,10,17H2,1-3H3. The minimum absolute atomic E-state index is 0.0953. The monoisotopic (exact) mass is 279 g/mol. The van der Waals surface area contributed by atoms with Gasteiger partial charge in [-0.2, -0.15) is 0 Å². The molecule has 2 nitrogen and oxygen atoms in total. The van der Waals surface area contributed by atoms with E-state index in [0.717, 1.165) is 12.8 Å². The van der Waals surface area contributed by atoms with E-state index in [1.165, 1.54) is 35.1 Å². The zero-order valence-electron chi connectivity index (χ0n) is 12.2. The first-order valence-electron chi connectivity index (χ1n) is 7.19. The van der Waals surface area contributed by atoms with Crippen molar-refractivity contribution < 1.29 is 4.21 Å². The Hall–Kier alpha value is -0.670. The second-order valence-electron chi connectivity index (χ2n) is 5.87. The van der Waals surface area contributed by atoms with Gasteiger partial charge in [0.1, 0.15) is 0 Å². The number of benzene rings is 1. The van der Waals surface area contributed by atoms with Gasteiger partial charge in [-0.05, 0) is 50.3 Å². The van der Waals surface area contributed by atoms with E-state index < -0.39 is 10.8 Å². The molecule has 2 rings (SSSR count). The SMILES string of the molecule is Cc1cc(C)c(C(N)CS(=O)C2CCCC2)c(C)c1. The van der Waals surface area contributed by atoms with Gasteiger partial charge in [0.2, 0.25) is 0 Å². The van der Waals surface area contributed by atoms with Gasteiger partial charge in [0.05, 0.1) is 0 Å². The normalized spacial score (nSPS) is 19.6. The van der Waals surface area contributed by atoms with Crippen molar-refractivity contribution in [3.63, 3.8) is 0 Å². The zero-order valence-corrected chi connectivity index (χ0v) is 13.1. The van der Waals surface area contributed by atoms with E-state index in [0.29, 0.717) is 11.0 Å². The Morgan fingerprint density at radius 3 is 2.26 bits per heavy atom. The molecule has 0 heterocycles. The van der Waals surface area contributed by atoms with Gasteiger partial charge in [0.25, 0.3) is 0 Å². The summed E-state index contributed by atoms with van der Waals surface area (Å²) in [7, 11) is -0.773. The Kier molecular flexibility index (Phi) is 4.80. The highest BCUT2D eigenvalue weighted by atomic mass is 32.2. The summed E-state index contributed by atoms with van der Waals surface area (Å²) >= 11 is 0. The van der Waals surface area contributed by atoms with E-state index in [2.05, 4.69) is 32.9 Å². The summed E-state index contributed by atoms with van der Waals surface area (Å²) in [5.74, 6) is 0.607. The zero-order chi connectivity index (χ0) is 14.0. The lowest BCUT2D eigenvalue weighted by Gasteiger charge is -2.20. The third kappa shape index (κ3) is 3.46. The Labute approximate surface area is 119 Å².